The number of nitrogens with zero attached hydrogens (tertiary/aromatic N) is 3. The van der Waals surface area contributed by atoms with Crippen LogP contribution in [0.15, 0.2) is 30.3 Å². The Bertz CT molecular complexity index is 716. The highest BCUT2D eigenvalue weighted by Gasteiger charge is 2.22. The number of anilines is 1. The van der Waals surface area contributed by atoms with E-state index in [-0.39, 0.29) is 11.9 Å². The summed E-state index contributed by atoms with van der Waals surface area (Å²) in [6.45, 7) is 6.51. The Kier molecular flexibility index (Phi) is 6.33. The van der Waals surface area contributed by atoms with E-state index in [0.717, 1.165) is 23.4 Å². The van der Waals surface area contributed by atoms with Crippen molar-refractivity contribution in [2.24, 2.45) is 0 Å². The average Bonchev–Trinajstić information content (AvgIpc) is 2.62. The van der Waals surface area contributed by atoms with Crippen molar-refractivity contribution in [2.75, 3.05) is 26.0 Å². The molecular formula is C19H26N4O2. The first kappa shape index (κ1) is 18.7. The third-order valence-electron chi connectivity index (χ3n) is 4.12. The van der Waals surface area contributed by atoms with Crippen LogP contribution in [-0.4, -0.2) is 47.5 Å². The van der Waals surface area contributed by atoms with Gasteiger partial charge >= 0.3 is 0 Å². The van der Waals surface area contributed by atoms with Crippen molar-refractivity contribution in [2.45, 2.75) is 33.2 Å². The molecule has 0 fully saturated rings. The SMILES string of the molecule is CCN(C(=O)c1cc(C)nc(NC)n1)[C@@H](C)Cc1ccc(OC)cc1. The molecule has 1 aromatic heterocycles. The van der Waals surface area contributed by atoms with Crippen LogP contribution >= 0.6 is 0 Å². The Hall–Kier alpha value is -2.63. The number of rotatable bonds is 7. The van der Waals surface area contributed by atoms with E-state index in [1.807, 2.05) is 43.0 Å². The van der Waals surface area contributed by atoms with Gasteiger partial charge in [-0.2, -0.15) is 0 Å². The summed E-state index contributed by atoms with van der Waals surface area (Å²) in [7, 11) is 3.39. The fourth-order valence-corrected chi connectivity index (χ4v) is 2.81. The number of likely N-dealkylation sites (N-methyl/N-ethyl adjacent to an activating group) is 1. The van der Waals surface area contributed by atoms with Gasteiger partial charge in [0.2, 0.25) is 5.95 Å². The zero-order valence-electron chi connectivity index (χ0n) is 15.5. The molecule has 134 valence electrons. The lowest BCUT2D eigenvalue weighted by Gasteiger charge is -2.28. The lowest BCUT2D eigenvalue weighted by molar-refractivity contribution is 0.0697. The van der Waals surface area contributed by atoms with Gasteiger partial charge in [0.1, 0.15) is 11.4 Å². The molecule has 25 heavy (non-hydrogen) atoms. The first-order chi connectivity index (χ1) is 12.0. The second-order valence-electron chi connectivity index (χ2n) is 5.96. The molecule has 1 heterocycles. The first-order valence-electron chi connectivity index (χ1n) is 8.45. The van der Waals surface area contributed by atoms with E-state index in [2.05, 4.69) is 22.2 Å². The molecule has 6 heteroatoms. The number of benzene rings is 1. The van der Waals surface area contributed by atoms with Gasteiger partial charge in [-0.05, 0) is 51.0 Å². The Morgan fingerprint density at radius 3 is 2.52 bits per heavy atom. The van der Waals surface area contributed by atoms with Crippen molar-refractivity contribution in [3.63, 3.8) is 0 Å². The summed E-state index contributed by atoms with van der Waals surface area (Å²) in [5.74, 6) is 1.21. The van der Waals surface area contributed by atoms with Crippen LogP contribution in [0.3, 0.4) is 0 Å². The van der Waals surface area contributed by atoms with Crippen molar-refractivity contribution in [1.82, 2.24) is 14.9 Å². The van der Waals surface area contributed by atoms with Gasteiger partial charge in [-0.3, -0.25) is 4.79 Å². The molecule has 2 aromatic rings. The number of carbonyl (C=O) groups excluding carboxylic acids is 1. The standard InChI is InChI=1S/C19H26N4O2/c1-6-23(14(3)12-15-7-9-16(25-5)10-8-15)18(24)17-11-13(2)21-19(20-4)22-17/h7-11,14H,6,12H2,1-5H3,(H,20,21,22)/t14-/m0/s1. The number of hydrogen-bond acceptors (Lipinski definition) is 5. The van der Waals surface area contributed by atoms with E-state index in [1.165, 1.54) is 0 Å². The zero-order valence-corrected chi connectivity index (χ0v) is 15.5. The van der Waals surface area contributed by atoms with Gasteiger partial charge in [0.15, 0.2) is 0 Å². The largest absolute Gasteiger partial charge is 0.497 e. The number of methoxy groups -OCH3 is 1. The Labute approximate surface area is 149 Å². The highest BCUT2D eigenvalue weighted by molar-refractivity contribution is 5.92. The highest BCUT2D eigenvalue weighted by atomic mass is 16.5. The van der Waals surface area contributed by atoms with Crippen molar-refractivity contribution in [3.8, 4) is 5.75 Å². The zero-order chi connectivity index (χ0) is 18.4. The predicted octanol–water partition coefficient (Wildman–Crippen LogP) is 2.93. The van der Waals surface area contributed by atoms with E-state index in [4.69, 9.17) is 4.74 Å². The monoisotopic (exact) mass is 342 g/mol. The molecule has 0 aliphatic carbocycles. The van der Waals surface area contributed by atoms with Gasteiger partial charge in [0, 0.05) is 25.3 Å². The van der Waals surface area contributed by atoms with Crippen LogP contribution in [0.1, 0.15) is 35.6 Å². The number of ether oxygens (including phenoxy) is 1. The molecule has 2 rings (SSSR count). The number of hydrogen-bond donors (Lipinski definition) is 1. The fourth-order valence-electron chi connectivity index (χ4n) is 2.81. The van der Waals surface area contributed by atoms with Gasteiger partial charge in [0.25, 0.3) is 5.91 Å². The number of nitrogens with one attached hydrogen (secondary N) is 1. The van der Waals surface area contributed by atoms with Crippen LogP contribution in [0.5, 0.6) is 5.75 Å². The van der Waals surface area contributed by atoms with Gasteiger partial charge in [-0.25, -0.2) is 9.97 Å². The Morgan fingerprint density at radius 1 is 1.28 bits per heavy atom. The van der Waals surface area contributed by atoms with Crippen LogP contribution in [0.4, 0.5) is 5.95 Å². The van der Waals surface area contributed by atoms with Gasteiger partial charge < -0.3 is 15.0 Å². The van der Waals surface area contributed by atoms with Crippen molar-refractivity contribution in [3.05, 3.63) is 47.3 Å². The maximum absolute atomic E-state index is 12.9. The van der Waals surface area contributed by atoms with Crippen LogP contribution in [0, 0.1) is 6.92 Å². The van der Waals surface area contributed by atoms with Crippen LogP contribution in [0.25, 0.3) is 0 Å². The summed E-state index contributed by atoms with van der Waals surface area (Å²) in [4.78, 5) is 23.3. The van der Waals surface area contributed by atoms with Gasteiger partial charge in [0.05, 0.1) is 7.11 Å². The van der Waals surface area contributed by atoms with Crippen LogP contribution in [-0.2, 0) is 6.42 Å². The topological polar surface area (TPSA) is 67.4 Å². The number of carbonyl (C=O) groups is 1. The van der Waals surface area contributed by atoms with Crippen molar-refractivity contribution >= 4 is 11.9 Å². The minimum absolute atomic E-state index is 0.0548. The molecular weight excluding hydrogens is 316 g/mol. The van der Waals surface area contributed by atoms with Gasteiger partial charge in [-0.15, -0.1) is 0 Å². The summed E-state index contributed by atoms with van der Waals surface area (Å²) in [6, 6.07) is 9.72. The van der Waals surface area contributed by atoms with Crippen molar-refractivity contribution < 1.29 is 9.53 Å². The fraction of sp³-hybridized carbons (Fsp3) is 0.421. The smallest absolute Gasteiger partial charge is 0.272 e. The second kappa shape index (κ2) is 8.46. The summed E-state index contributed by atoms with van der Waals surface area (Å²) in [6.07, 6.45) is 0.770. The van der Waals surface area contributed by atoms with E-state index < -0.39 is 0 Å². The maximum Gasteiger partial charge on any atom is 0.272 e. The first-order valence-corrected chi connectivity index (χ1v) is 8.45. The summed E-state index contributed by atoms with van der Waals surface area (Å²) in [5, 5.41) is 2.90. The molecule has 1 N–H and O–H groups in total. The van der Waals surface area contributed by atoms with Gasteiger partial charge in [-0.1, -0.05) is 12.1 Å². The van der Waals surface area contributed by atoms with E-state index in [0.29, 0.717) is 18.2 Å². The molecule has 0 unspecified atom stereocenters. The average molecular weight is 342 g/mol. The number of aryl methyl sites for hydroxylation is 1. The third kappa shape index (κ3) is 4.68. The molecule has 0 saturated carbocycles. The second-order valence-corrected chi connectivity index (χ2v) is 5.96. The quantitative estimate of drug-likeness (QED) is 0.838. The Morgan fingerprint density at radius 2 is 1.96 bits per heavy atom. The summed E-state index contributed by atoms with van der Waals surface area (Å²) >= 11 is 0. The maximum atomic E-state index is 12.9. The summed E-state index contributed by atoms with van der Waals surface area (Å²) in [5.41, 5.74) is 2.34. The van der Waals surface area contributed by atoms with Crippen LogP contribution < -0.4 is 10.1 Å². The molecule has 0 aliphatic heterocycles. The molecule has 1 amide bonds. The number of aromatic nitrogens is 2. The van der Waals surface area contributed by atoms with E-state index in [1.54, 1.807) is 20.2 Å². The third-order valence-corrected chi connectivity index (χ3v) is 4.12. The molecule has 1 atom stereocenters. The molecule has 0 saturated heterocycles. The van der Waals surface area contributed by atoms with Crippen LogP contribution in [0.2, 0.25) is 0 Å². The lowest BCUT2D eigenvalue weighted by atomic mass is 10.1. The van der Waals surface area contributed by atoms with E-state index >= 15 is 0 Å². The van der Waals surface area contributed by atoms with Crippen molar-refractivity contribution in [1.29, 1.82) is 0 Å². The normalized spacial score (nSPS) is 11.7. The summed E-state index contributed by atoms with van der Waals surface area (Å²) < 4.78 is 5.19. The minimum Gasteiger partial charge on any atom is -0.497 e. The molecule has 0 radical (unpaired) electrons. The van der Waals surface area contributed by atoms with E-state index in [9.17, 15) is 4.79 Å². The molecule has 0 bridgehead atoms. The lowest BCUT2D eigenvalue weighted by Crippen LogP contribution is -2.40. The Balaban J connectivity index is 2.16. The molecule has 0 aliphatic rings. The molecule has 6 nitrogen and oxygen atoms in total. The molecule has 1 aromatic carbocycles. The number of amides is 1. The highest BCUT2D eigenvalue weighted by Crippen LogP contribution is 2.16. The minimum atomic E-state index is -0.0782. The predicted molar refractivity (Wildman–Crippen MR) is 99.2 cm³/mol. The molecule has 0 spiro atoms.